The lowest BCUT2D eigenvalue weighted by molar-refractivity contribution is -0.634. The molecule has 0 fully saturated rings. The third-order valence-corrected chi connectivity index (χ3v) is 5.46. The van der Waals surface area contributed by atoms with Crippen molar-refractivity contribution in [2.75, 3.05) is 0 Å². The van der Waals surface area contributed by atoms with Gasteiger partial charge in [-0.15, -0.1) is 0 Å². The van der Waals surface area contributed by atoms with Crippen LogP contribution in [-0.4, -0.2) is 4.57 Å². The lowest BCUT2D eigenvalue weighted by Gasteiger charge is -2.04. The normalized spacial score (nSPS) is 11.5. The van der Waals surface area contributed by atoms with E-state index in [4.69, 9.17) is 4.42 Å². The van der Waals surface area contributed by atoms with Crippen LogP contribution in [0.25, 0.3) is 44.4 Å². The Hall–Kier alpha value is -3.58. The van der Waals surface area contributed by atoms with Crippen molar-refractivity contribution in [1.82, 2.24) is 4.57 Å². The number of imidazole rings is 1. The summed E-state index contributed by atoms with van der Waals surface area (Å²) in [4.78, 5) is 0. The zero-order valence-electron chi connectivity index (χ0n) is 15.4. The van der Waals surface area contributed by atoms with Gasteiger partial charge >= 0.3 is 0 Å². The van der Waals surface area contributed by atoms with Crippen LogP contribution in [0.3, 0.4) is 0 Å². The Balaban J connectivity index is 1.98. The van der Waals surface area contributed by atoms with Crippen molar-refractivity contribution in [2.45, 2.75) is 6.92 Å². The molecular formula is C23H18N3O+. The van der Waals surface area contributed by atoms with E-state index in [0.717, 1.165) is 33.3 Å². The van der Waals surface area contributed by atoms with Gasteiger partial charge < -0.3 is 4.42 Å². The summed E-state index contributed by atoms with van der Waals surface area (Å²) in [5.41, 5.74) is 6.59. The summed E-state index contributed by atoms with van der Waals surface area (Å²) >= 11 is 0. The lowest BCUT2D eigenvalue weighted by Crippen LogP contribution is -2.30. The van der Waals surface area contributed by atoms with Crippen molar-refractivity contribution in [3.05, 3.63) is 65.7 Å². The smallest absolute Gasteiger partial charge is 0.293 e. The van der Waals surface area contributed by atoms with Crippen LogP contribution in [0, 0.1) is 18.3 Å². The van der Waals surface area contributed by atoms with E-state index in [0.29, 0.717) is 11.1 Å². The number of aromatic nitrogens is 2. The van der Waals surface area contributed by atoms with Crippen molar-refractivity contribution in [3.8, 4) is 17.5 Å². The molecule has 2 heterocycles. The Morgan fingerprint density at radius 3 is 2.52 bits per heavy atom. The molecule has 5 rings (SSSR count). The van der Waals surface area contributed by atoms with Crippen LogP contribution in [0.5, 0.6) is 0 Å². The topological polar surface area (TPSA) is 45.7 Å². The first kappa shape index (κ1) is 15.7. The number of fused-ring (bicyclic) bond motifs is 4. The van der Waals surface area contributed by atoms with Gasteiger partial charge in [0.15, 0.2) is 22.2 Å². The Morgan fingerprint density at radius 1 is 0.963 bits per heavy atom. The van der Waals surface area contributed by atoms with Gasteiger partial charge in [-0.1, -0.05) is 36.4 Å². The number of hydrogen-bond acceptors (Lipinski definition) is 2. The van der Waals surface area contributed by atoms with Gasteiger partial charge in [0.2, 0.25) is 0 Å². The van der Waals surface area contributed by atoms with E-state index in [1.807, 2.05) is 12.1 Å². The van der Waals surface area contributed by atoms with Crippen LogP contribution in [0.1, 0.15) is 11.1 Å². The maximum atomic E-state index is 9.47. The second-order valence-electron chi connectivity index (χ2n) is 6.96. The van der Waals surface area contributed by atoms with Crippen LogP contribution in [0.15, 0.2) is 59.0 Å². The van der Waals surface area contributed by atoms with Gasteiger partial charge in [0, 0.05) is 10.8 Å². The molecule has 3 aromatic carbocycles. The van der Waals surface area contributed by atoms with Crippen molar-refractivity contribution < 1.29 is 8.98 Å². The number of nitrogens with zero attached hydrogens (tertiary/aromatic N) is 3. The van der Waals surface area contributed by atoms with Gasteiger partial charge in [-0.25, -0.2) is 9.13 Å². The Morgan fingerprint density at radius 2 is 1.74 bits per heavy atom. The van der Waals surface area contributed by atoms with Crippen LogP contribution in [0.2, 0.25) is 0 Å². The number of nitriles is 1. The highest BCUT2D eigenvalue weighted by Crippen LogP contribution is 2.38. The van der Waals surface area contributed by atoms with E-state index >= 15 is 0 Å². The Kier molecular flexibility index (Phi) is 3.16. The lowest BCUT2D eigenvalue weighted by atomic mass is 10.0. The molecule has 0 radical (unpaired) electrons. The number of aryl methyl sites for hydroxylation is 3. The van der Waals surface area contributed by atoms with Gasteiger partial charge in [0.25, 0.3) is 5.82 Å². The third kappa shape index (κ3) is 2.00. The zero-order chi connectivity index (χ0) is 18.7. The zero-order valence-corrected chi connectivity index (χ0v) is 15.4. The van der Waals surface area contributed by atoms with Crippen LogP contribution >= 0.6 is 0 Å². The maximum absolute atomic E-state index is 9.47. The molecule has 0 aliphatic heterocycles. The second-order valence-corrected chi connectivity index (χ2v) is 6.96. The summed E-state index contributed by atoms with van der Waals surface area (Å²) in [6, 6.07) is 20.5. The average molecular weight is 352 g/mol. The largest absolute Gasteiger partial charge is 0.454 e. The second kappa shape index (κ2) is 5.46. The standard InChI is InChI=1S/C23H18N3O/c1-14-11-12-17-16-8-6-7-15(13-24)21(16)27-22(17)20(14)23-25(2)18-9-4-5-10-19(18)26(23)3/h4-12H,1-3H3/q+1. The van der Waals surface area contributed by atoms with E-state index in [1.54, 1.807) is 6.07 Å². The third-order valence-electron chi connectivity index (χ3n) is 5.46. The number of hydrogen-bond donors (Lipinski definition) is 0. The van der Waals surface area contributed by atoms with Crippen molar-refractivity contribution >= 4 is 33.0 Å². The summed E-state index contributed by atoms with van der Waals surface area (Å²) in [6.07, 6.45) is 0. The SMILES string of the molecule is Cc1ccc2c(oc3c(C#N)cccc32)c1-c1n(C)c2ccccc2[n+]1C. The first-order chi connectivity index (χ1) is 13.1. The predicted molar refractivity (Wildman–Crippen MR) is 106 cm³/mol. The molecule has 5 aromatic rings. The van der Waals surface area contributed by atoms with Crippen LogP contribution in [-0.2, 0) is 14.1 Å². The van der Waals surface area contributed by atoms with Gasteiger partial charge in [-0.05, 0) is 30.7 Å². The highest BCUT2D eigenvalue weighted by molar-refractivity contribution is 6.10. The molecule has 0 aliphatic rings. The molecule has 0 atom stereocenters. The molecule has 0 amide bonds. The quantitative estimate of drug-likeness (QED) is 0.409. The Bertz CT molecular complexity index is 1370. The first-order valence-corrected chi connectivity index (χ1v) is 8.90. The van der Waals surface area contributed by atoms with E-state index in [9.17, 15) is 5.26 Å². The van der Waals surface area contributed by atoms with Gasteiger partial charge in [-0.3, -0.25) is 0 Å². The van der Waals surface area contributed by atoms with Crippen LogP contribution < -0.4 is 4.57 Å². The van der Waals surface area contributed by atoms with Crippen molar-refractivity contribution in [2.24, 2.45) is 14.1 Å². The van der Waals surface area contributed by atoms with E-state index in [2.05, 4.69) is 72.6 Å². The van der Waals surface area contributed by atoms with Gasteiger partial charge in [0.05, 0.1) is 19.7 Å². The van der Waals surface area contributed by atoms with Gasteiger partial charge in [0.1, 0.15) is 11.6 Å². The molecule has 0 N–H and O–H groups in total. The van der Waals surface area contributed by atoms with Crippen molar-refractivity contribution in [3.63, 3.8) is 0 Å². The first-order valence-electron chi connectivity index (χ1n) is 8.90. The average Bonchev–Trinajstić information content (AvgIpc) is 3.18. The summed E-state index contributed by atoms with van der Waals surface area (Å²) in [5.74, 6) is 1.08. The summed E-state index contributed by atoms with van der Waals surface area (Å²) in [7, 11) is 4.17. The van der Waals surface area contributed by atoms with E-state index in [-0.39, 0.29) is 0 Å². The fourth-order valence-corrected chi connectivity index (χ4v) is 4.15. The summed E-state index contributed by atoms with van der Waals surface area (Å²) in [6.45, 7) is 2.10. The predicted octanol–water partition coefficient (Wildman–Crippen LogP) is 4.75. The molecular weight excluding hydrogens is 334 g/mol. The highest BCUT2D eigenvalue weighted by atomic mass is 16.3. The fourth-order valence-electron chi connectivity index (χ4n) is 4.15. The molecule has 0 saturated carbocycles. The minimum atomic E-state index is 0.564. The molecule has 0 spiro atoms. The maximum Gasteiger partial charge on any atom is 0.293 e. The van der Waals surface area contributed by atoms with Crippen LogP contribution in [0.4, 0.5) is 0 Å². The number of para-hydroxylation sites is 3. The molecule has 130 valence electrons. The van der Waals surface area contributed by atoms with E-state index < -0.39 is 0 Å². The molecule has 2 aromatic heterocycles. The number of furan rings is 1. The number of rotatable bonds is 1. The number of benzene rings is 3. The highest BCUT2D eigenvalue weighted by Gasteiger charge is 2.27. The summed E-state index contributed by atoms with van der Waals surface area (Å²) < 4.78 is 10.7. The molecule has 4 heteroatoms. The fraction of sp³-hybridized carbons (Fsp3) is 0.130. The molecule has 27 heavy (non-hydrogen) atoms. The minimum absolute atomic E-state index is 0.564. The monoisotopic (exact) mass is 352 g/mol. The van der Waals surface area contributed by atoms with E-state index in [1.165, 1.54) is 11.0 Å². The molecule has 0 bridgehead atoms. The molecule has 0 saturated heterocycles. The van der Waals surface area contributed by atoms with Gasteiger partial charge in [-0.2, -0.15) is 5.26 Å². The molecule has 0 aliphatic carbocycles. The summed E-state index contributed by atoms with van der Waals surface area (Å²) in [5, 5.41) is 11.5. The molecule has 0 unspecified atom stereocenters. The molecule has 4 nitrogen and oxygen atoms in total. The minimum Gasteiger partial charge on any atom is -0.454 e. The van der Waals surface area contributed by atoms with Crippen molar-refractivity contribution in [1.29, 1.82) is 5.26 Å². The Labute approximate surface area is 156 Å².